The van der Waals surface area contributed by atoms with Crippen LogP contribution in [0.4, 0.5) is 14.5 Å². The molecule has 29 heavy (non-hydrogen) atoms. The van der Waals surface area contributed by atoms with Gasteiger partial charge in [-0.15, -0.1) is 5.10 Å². The van der Waals surface area contributed by atoms with Crippen molar-refractivity contribution in [2.45, 2.75) is 25.9 Å². The van der Waals surface area contributed by atoms with E-state index in [9.17, 15) is 8.78 Å². The van der Waals surface area contributed by atoms with Gasteiger partial charge in [0.1, 0.15) is 11.6 Å². The smallest absolute Gasteiger partial charge is 0.168 e. The minimum Gasteiger partial charge on any atom is -0.367 e. The molecule has 4 rings (SSSR count). The number of benzene rings is 2. The third kappa shape index (κ3) is 4.27. The molecule has 0 radical (unpaired) electrons. The summed E-state index contributed by atoms with van der Waals surface area (Å²) in [5.74, 6) is 0.359. The Hall–Kier alpha value is -2.87. The lowest BCUT2D eigenvalue weighted by Gasteiger charge is -2.39. The van der Waals surface area contributed by atoms with Gasteiger partial charge in [0.25, 0.3) is 0 Å². The van der Waals surface area contributed by atoms with Gasteiger partial charge in [-0.25, -0.2) is 13.5 Å². The molecule has 2 heterocycles. The van der Waals surface area contributed by atoms with Crippen LogP contribution in [0.2, 0.25) is 0 Å². The third-order valence-corrected chi connectivity index (χ3v) is 5.44. The Labute approximate surface area is 168 Å². The molecule has 152 valence electrons. The van der Waals surface area contributed by atoms with Gasteiger partial charge < -0.3 is 4.90 Å². The third-order valence-electron chi connectivity index (χ3n) is 5.44. The highest BCUT2D eigenvalue weighted by molar-refractivity contribution is 5.48. The fourth-order valence-corrected chi connectivity index (χ4v) is 3.91. The van der Waals surface area contributed by atoms with Crippen LogP contribution in [0.25, 0.3) is 0 Å². The average Bonchev–Trinajstić information content (AvgIpc) is 3.19. The van der Waals surface area contributed by atoms with E-state index in [0.29, 0.717) is 12.2 Å². The first-order chi connectivity index (χ1) is 14.2. The van der Waals surface area contributed by atoms with Crippen molar-refractivity contribution in [2.75, 3.05) is 31.1 Å². The maximum Gasteiger partial charge on any atom is 0.168 e. The monoisotopic (exact) mass is 398 g/mol. The van der Waals surface area contributed by atoms with Gasteiger partial charge in [-0.05, 0) is 46.7 Å². The lowest BCUT2D eigenvalue weighted by molar-refractivity contribution is 0.169. The minimum atomic E-state index is -0.259. The maximum atomic E-state index is 14.1. The Morgan fingerprint density at radius 1 is 0.966 bits per heavy atom. The second-order valence-corrected chi connectivity index (χ2v) is 7.22. The molecule has 3 aromatic rings. The Bertz CT molecular complexity index is 934. The molecule has 8 heteroatoms. The highest BCUT2D eigenvalue weighted by atomic mass is 19.1. The van der Waals surface area contributed by atoms with Crippen molar-refractivity contribution in [1.29, 1.82) is 0 Å². The molecule has 6 nitrogen and oxygen atoms in total. The molecule has 0 spiro atoms. The first-order valence-corrected chi connectivity index (χ1v) is 9.89. The van der Waals surface area contributed by atoms with E-state index in [2.05, 4.69) is 32.2 Å². The van der Waals surface area contributed by atoms with Crippen molar-refractivity contribution < 1.29 is 8.78 Å². The summed E-state index contributed by atoms with van der Waals surface area (Å²) in [6.07, 6.45) is 0.865. The van der Waals surface area contributed by atoms with Gasteiger partial charge in [0.05, 0.1) is 18.3 Å². The van der Waals surface area contributed by atoms with Crippen LogP contribution < -0.4 is 4.90 Å². The number of hydrogen-bond acceptors (Lipinski definition) is 5. The van der Waals surface area contributed by atoms with E-state index in [1.165, 1.54) is 18.2 Å². The molecule has 1 aromatic heterocycles. The lowest BCUT2D eigenvalue weighted by Crippen LogP contribution is -2.48. The van der Waals surface area contributed by atoms with E-state index in [4.69, 9.17) is 0 Å². The molecular formula is C21H24F2N6. The maximum absolute atomic E-state index is 14.1. The summed E-state index contributed by atoms with van der Waals surface area (Å²) in [5.41, 5.74) is 1.60. The predicted molar refractivity (Wildman–Crippen MR) is 107 cm³/mol. The first kappa shape index (κ1) is 19.4. The van der Waals surface area contributed by atoms with Crippen molar-refractivity contribution in [2.24, 2.45) is 0 Å². The molecule has 0 N–H and O–H groups in total. The van der Waals surface area contributed by atoms with Crippen LogP contribution in [0.15, 0.2) is 48.5 Å². The van der Waals surface area contributed by atoms with Crippen LogP contribution in [0.5, 0.6) is 0 Å². The lowest BCUT2D eigenvalue weighted by atomic mass is 10.1. The van der Waals surface area contributed by atoms with Gasteiger partial charge in [-0.1, -0.05) is 31.2 Å². The highest BCUT2D eigenvalue weighted by Crippen LogP contribution is 2.26. The van der Waals surface area contributed by atoms with Crippen LogP contribution in [0.1, 0.15) is 30.8 Å². The SMILES string of the molecule is CC[C@@H](c1nnnn1Cc1ccc(F)cc1)N1CCN(c2ccccc2F)CC1. The number of tetrazole rings is 1. The Morgan fingerprint density at radius 3 is 2.38 bits per heavy atom. The molecule has 0 bridgehead atoms. The molecule has 1 aliphatic rings. The van der Waals surface area contributed by atoms with E-state index in [1.807, 2.05) is 12.1 Å². The van der Waals surface area contributed by atoms with Gasteiger partial charge >= 0.3 is 0 Å². The number of rotatable bonds is 6. The van der Waals surface area contributed by atoms with E-state index < -0.39 is 0 Å². The van der Waals surface area contributed by atoms with Crippen molar-refractivity contribution in [3.63, 3.8) is 0 Å². The molecule has 2 aromatic carbocycles. The Kier molecular flexibility index (Phi) is 5.80. The van der Waals surface area contributed by atoms with Crippen LogP contribution in [-0.2, 0) is 6.54 Å². The summed E-state index contributed by atoms with van der Waals surface area (Å²) in [6, 6.07) is 13.4. The average molecular weight is 398 g/mol. The van der Waals surface area contributed by atoms with Gasteiger partial charge in [0, 0.05) is 26.2 Å². The number of piperazine rings is 1. The summed E-state index contributed by atoms with van der Waals surface area (Å²) in [4.78, 5) is 4.43. The zero-order valence-electron chi connectivity index (χ0n) is 16.4. The van der Waals surface area contributed by atoms with Gasteiger partial charge in [0.2, 0.25) is 0 Å². The predicted octanol–water partition coefficient (Wildman–Crippen LogP) is 3.27. The highest BCUT2D eigenvalue weighted by Gasteiger charge is 2.28. The summed E-state index contributed by atoms with van der Waals surface area (Å²) >= 11 is 0. The summed E-state index contributed by atoms with van der Waals surface area (Å²) in [6.45, 7) is 5.71. The topological polar surface area (TPSA) is 50.1 Å². The zero-order chi connectivity index (χ0) is 20.2. The van der Waals surface area contributed by atoms with E-state index >= 15 is 0 Å². The minimum absolute atomic E-state index is 0.0771. The molecule has 1 fully saturated rings. The molecular weight excluding hydrogens is 374 g/mol. The van der Waals surface area contributed by atoms with E-state index in [0.717, 1.165) is 44.0 Å². The number of nitrogens with zero attached hydrogens (tertiary/aromatic N) is 6. The molecule has 0 unspecified atom stereocenters. The molecule has 0 saturated carbocycles. The van der Waals surface area contributed by atoms with E-state index in [-0.39, 0.29) is 17.7 Å². The van der Waals surface area contributed by atoms with Crippen LogP contribution in [0, 0.1) is 11.6 Å². The largest absolute Gasteiger partial charge is 0.367 e. The number of halogens is 2. The number of aromatic nitrogens is 4. The molecule has 0 aliphatic carbocycles. The standard InChI is InChI=1S/C21H24F2N6/c1-2-19(21-24-25-26-29(21)15-16-7-9-17(22)10-8-16)27-11-13-28(14-12-27)20-6-4-3-5-18(20)23/h3-10,19H,2,11-15H2,1H3/t19-/m0/s1. The van der Waals surface area contributed by atoms with Crippen molar-refractivity contribution in [3.05, 3.63) is 71.6 Å². The fraction of sp³-hybridized carbons (Fsp3) is 0.381. The van der Waals surface area contributed by atoms with Crippen molar-refractivity contribution in [1.82, 2.24) is 25.1 Å². The number of para-hydroxylation sites is 1. The van der Waals surface area contributed by atoms with Gasteiger partial charge in [0.15, 0.2) is 5.82 Å². The van der Waals surface area contributed by atoms with Gasteiger partial charge in [-0.2, -0.15) is 0 Å². The van der Waals surface area contributed by atoms with Crippen LogP contribution in [-0.4, -0.2) is 51.3 Å². The normalized spacial score (nSPS) is 16.2. The molecule has 0 amide bonds. The second kappa shape index (κ2) is 8.65. The quantitative estimate of drug-likeness (QED) is 0.638. The summed E-state index contributed by atoms with van der Waals surface area (Å²) < 4.78 is 29.0. The van der Waals surface area contributed by atoms with Crippen molar-refractivity contribution >= 4 is 5.69 Å². The Balaban J connectivity index is 1.46. The molecule has 1 atom stereocenters. The van der Waals surface area contributed by atoms with Crippen molar-refractivity contribution in [3.8, 4) is 0 Å². The van der Waals surface area contributed by atoms with Crippen LogP contribution >= 0.6 is 0 Å². The van der Waals surface area contributed by atoms with Gasteiger partial charge in [-0.3, -0.25) is 4.90 Å². The molecule has 1 aliphatic heterocycles. The number of hydrogen-bond donors (Lipinski definition) is 0. The summed E-state index contributed by atoms with van der Waals surface area (Å²) in [7, 11) is 0. The fourth-order valence-electron chi connectivity index (χ4n) is 3.91. The zero-order valence-corrected chi connectivity index (χ0v) is 16.4. The van der Waals surface area contributed by atoms with Crippen LogP contribution in [0.3, 0.4) is 0 Å². The molecule has 1 saturated heterocycles. The Morgan fingerprint density at radius 2 is 1.69 bits per heavy atom. The first-order valence-electron chi connectivity index (χ1n) is 9.89. The second-order valence-electron chi connectivity index (χ2n) is 7.22. The number of anilines is 1. The van der Waals surface area contributed by atoms with E-state index in [1.54, 1.807) is 22.9 Å². The summed E-state index contributed by atoms with van der Waals surface area (Å²) in [5, 5.41) is 12.3.